The molecule has 1 aromatic carbocycles. The molecule has 0 fully saturated rings. The van der Waals surface area contributed by atoms with Gasteiger partial charge in [0.1, 0.15) is 11.2 Å². The molecule has 1 amide bonds. The third kappa shape index (κ3) is 2.64. The number of hydrogen-bond donors (Lipinski definition) is 3. The van der Waals surface area contributed by atoms with Crippen molar-refractivity contribution < 1.29 is 19.4 Å². The molecule has 3 rings (SSSR count). The Kier molecular flexibility index (Phi) is 3.84. The highest BCUT2D eigenvalue weighted by molar-refractivity contribution is 6.06. The van der Waals surface area contributed by atoms with Crippen LogP contribution in [-0.4, -0.2) is 27.1 Å². The maximum atomic E-state index is 11.6. The first-order chi connectivity index (χ1) is 11.4. The first-order valence-corrected chi connectivity index (χ1v) is 7.54. The average Bonchev–Trinajstić information content (AvgIpc) is 2.56. The zero-order valence-corrected chi connectivity index (χ0v) is 13.3. The summed E-state index contributed by atoms with van der Waals surface area (Å²) in [6, 6.07) is 6.44. The molecule has 1 aliphatic carbocycles. The van der Waals surface area contributed by atoms with E-state index in [2.05, 4.69) is 9.98 Å². The van der Waals surface area contributed by atoms with Crippen LogP contribution in [0.5, 0.6) is 11.5 Å². The number of nitrogens with two attached hydrogens (primary N) is 1. The second kappa shape index (κ2) is 5.84. The van der Waals surface area contributed by atoms with Crippen LogP contribution in [0.25, 0.3) is 22.6 Å². The van der Waals surface area contributed by atoms with E-state index >= 15 is 0 Å². The molecule has 1 aliphatic heterocycles. The van der Waals surface area contributed by atoms with Crippen molar-refractivity contribution in [3.63, 3.8) is 0 Å². The number of nitrogens with zero attached hydrogens (tertiary/aromatic N) is 2. The number of rotatable bonds is 3. The Balaban J connectivity index is 2.34. The highest BCUT2D eigenvalue weighted by atomic mass is 16.4. The van der Waals surface area contributed by atoms with Crippen LogP contribution in [0.15, 0.2) is 33.7 Å². The summed E-state index contributed by atoms with van der Waals surface area (Å²) in [4.78, 5) is 20.4. The summed E-state index contributed by atoms with van der Waals surface area (Å²) in [6.45, 7) is 4.05. The lowest BCUT2D eigenvalue weighted by Gasteiger charge is -2.10. The van der Waals surface area contributed by atoms with E-state index in [1.807, 2.05) is 13.8 Å². The first-order valence-electron chi connectivity index (χ1n) is 7.54. The fraction of sp³-hybridized carbons (Fsp3) is 0.235. The van der Waals surface area contributed by atoms with Crippen molar-refractivity contribution in [2.45, 2.75) is 26.3 Å². The van der Waals surface area contributed by atoms with Crippen LogP contribution >= 0.6 is 0 Å². The van der Waals surface area contributed by atoms with E-state index in [4.69, 9.17) is 10.2 Å². The van der Waals surface area contributed by atoms with Crippen LogP contribution in [0.4, 0.5) is 0 Å². The maximum absolute atomic E-state index is 11.6. The van der Waals surface area contributed by atoms with E-state index in [0.29, 0.717) is 11.5 Å². The molecule has 0 spiro atoms. The molecular formula is C17H17N3O4. The Bertz CT molecular complexity index is 978. The highest BCUT2D eigenvalue weighted by Crippen LogP contribution is 2.37. The van der Waals surface area contributed by atoms with Gasteiger partial charge in [-0.3, -0.25) is 9.79 Å². The number of phenols is 2. The van der Waals surface area contributed by atoms with Crippen molar-refractivity contribution in [1.29, 1.82) is 0 Å². The van der Waals surface area contributed by atoms with Crippen molar-refractivity contribution in [2.75, 3.05) is 0 Å². The fourth-order valence-corrected chi connectivity index (χ4v) is 2.35. The summed E-state index contributed by atoms with van der Waals surface area (Å²) < 4.78 is 5.66. The molecule has 1 aromatic rings. The summed E-state index contributed by atoms with van der Waals surface area (Å²) in [7, 11) is 0. The second-order valence-electron chi connectivity index (χ2n) is 5.59. The normalized spacial score (nSPS) is 13.5. The topological polar surface area (TPSA) is 122 Å². The van der Waals surface area contributed by atoms with Gasteiger partial charge in [-0.05, 0) is 31.5 Å². The zero-order valence-electron chi connectivity index (χ0n) is 13.3. The molecule has 0 radical (unpaired) electrons. The lowest BCUT2D eigenvalue weighted by Crippen LogP contribution is -2.13. The Morgan fingerprint density at radius 3 is 2.79 bits per heavy atom. The molecule has 0 aromatic heterocycles. The number of carbonyl (C=O) groups is 1. The van der Waals surface area contributed by atoms with E-state index in [0.717, 1.165) is 17.8 Å². The molecule has 124 valence electrons. The summed E-state index contributed by atoms with van der Waals surface area (Å²) in [5.74, 6) is -1.39. The van der Waals surface area contributed by atoms with Gasteiger partial charge in [0, 0.05) is 12.1 Å². The Morgan fingerprint density at radius 1 is 1.38 bits per heavy atom. The molecule has 7 nitrogen and oxygen atoms in total. The maximum Gasteiger partial charge on any atom is 0.251 e. The monoisotopic (exact) mass is 327 g/mol. The van der Waals surface area contributed by atoms with Crippen molar-refractivity contribution in [3.8, 4) is 23.0 Å². The molecule has 1 atom stereocenters. The van der Waals surface area contributed by atoms with Gasteiger partial charge in [-0.2, -0.15) is 0 Å². The van der Waals surface area contributed by atoms with Crippen LogP contribution < -0.4 is 11.1 Å². The van der Waals surface area contributed by atoms with Crippen LogP contribution in [0.1, 0.15) is 30.6 Å². The second-order valence-corrected chi connectivity index (χ2v) is 5.59. The third-order valence-corrected chi connectivity index (χ3v) is 3.82. The number of benzene rings is 2. The molecule has 0 bridgehead atoms. The fourth-order valence-electron chi connectivity index (χ4n) is 2.35. The van der Waals surface area contributed by atoms with Crippen LogP contribution in [-0.2, 0) is 0 Å². The smallest absolute Gasteiger partial charge is 0.251 e. The van der Waals surface area contributed by atoms with Gasteiger partial charge in [0.15, 0.2) is 17.1 Å². The molecule has 7 heteroatoms. The molecule has 4 N–H and O–H groups in total. The minimum Gasteiger partial charge on any atom is -0.504 e. The van der Waals surface area contributed by atoms with E-state index < -0.39 is 17.4 Å². The van der Waals surface area contributed by atoms with Gasteiger partial charge in [-0.25, -0.2) is 4.98 Å². The van der Waals surface area contributed by atoms with Crippen LogP contribution in [0, 0.1) is 0 Å². The number of fused-ring (bicyclic) bond motifs is 2. The summed E-state index contributed by atoms with van der Waals surface area (Å²) in [5.41, 5.74) is 5.76. The molecular weight excluding hydrogens is 310 g/mol. The van der Waals surface area contributed by atoms with Gasteiger partial charge in [-0.1, -0.05) is 6.92 Å². The largest absolute Gasteiger partial charge is 0.504 e. The number of amides is 1. The standard InChI is InChI=1S/C17H17N3O4/c1-3-8(2)19-9-4-5-11-13(6-9)24-16-14(20-11)10(17(18)23)7-12(21)15(16)22/h4-8,21-22H,3H2,1-2H3,(H2,18,23)/b19-9+. The van der Waals surface area contributed by atoms with E-state index in [9.17, 15) is 15.0 Å². The van der Waals surface area contributed by atoms with Crippen molar-refractivity contribution >= 4 is 17.0 Å². The van der Waals surface area contributed by atoms with Gasteiger partial charge in [-0.15, -0.1) is 0 Å². The predicted octanol–water partition coefficient (Wildman–Crippen LogP) is 2.14. The highest BCUT2D eigenvalue weighted by Gasteiger charge is 2.20. The summed E-state index contributed by atoms with van der Waals surface area (Å²) in [6.07, 6.45) is 0.905. The number of hydrogen-bond acceptors (Lipinski definition) is 6. The lowest BCUT2D eigenvalue weighted by atomic mass is 10.1. The molecule has 2 aliphatic rings. The average molecular weight is 327 g/mol. The Hall–Kier alpha value is -3.09. The number of aromatic hydroxyl groups is 2. The number of carbonyl (C=O) groups excluding carboxylic acids is 1. The first kappa shape index (κ1) is 15.8. The number of primary amides is 1. The minimum absolute atomic E-state index is 0.0284. The van der Waals surface area contributed by atoms with Crippen molar-refractivity contribution in [1.82, 2.24) is 4.98 Å². The van der Waals surface area contributed by atoms with Crippen LogP contribution in [0.3, 0.4) is 0 Å². The number of aromatic nitrogens is 1. The van der Waals surface area contributed by atoms with Crippen LogP contribution in [0.2, 0.25) is 0 Å². The third-order valence-electron chi connectivity index (χ3n) is 3.82. The van der Waals surface area contributed by atoms with Crippen molar-refractivity contribution in [3.05, 3.63) is 35.2 Å². The van der Waals surface area contributed by atoms with E-state index in [-0.39, 0.29) is 22.7 Å². The van der Waals surface area contributed by atoms with Gasteiger partial charge in [0.25, 0.3) is 5.91 Å². The summed E-state index contributed by atoms with van der Waals surface area (Å²) >= 11 is 0. The van der Waals surface area contributed by atoms with Crippen molar-refractivity contribution in [2.24, 2.45) is 10.7 Å². The summed E-state index contributed by atoms with van der Waals surface area (Å²) in [5, 5.41) is 20.5. The predicted molar refractivity (Wildman–Crippen MR) is 87.8 cm³/mol. The Labute approximate surface area is 137 Å². The zero-order chi connectivity index (χ0) is 17.4. The number of phenolic OH excluding ortho intramolecular Hbond substituents is 2. The minimum atomic E-state index is -0.777. The van der Waals surface area contributed by atoms with Gasteiger partial charge in [0.05, 0.1) is 10.9 Å². The van der Waals surface area contributed by atoms with E-state index in [1.165, 1.54) is 0 Å². The lowest BCUT2D eigenvalue weighted by molar-refractivity contribution is 0.100. The molecule has 0 saturated heterocycles. The molecule has 1 heterocycles. The molecule has 1 unspecified atom stereocenters. The molecule has 24 heavy (non-hydrogen) atoms. The molecule has 0 saturated carbocycles. The quantitative estimate of drug-likeness (QED) is 0.502. The van der Waals surface area contributed by atoms with Gasteiger partial charge in [0.2, 0.25) is 5.75 Å². The van der Waals surface area contributed by atoms with E-state index in [1.54, 1.807) is 18.2 Å². The SMILES string of the molecule is CCC(C)/N=c1\ccc2nc3c(C(N)=O)cc(O)c(O)c3oc-2c1. The Morgan fingerprint density at radius 2 is 2.12 bits per heavy atom. The van der Waals surface area contributed by atoms with Gasteiger partial charge >= 0.3 is 0 Å². The van der Waals surface area contributed by atoms with Gasteiger partial charge < -0.3 is 20.4 Å².